The molecule has 2 fully saturated rings. The van der Waals surface area contributed by atoms with Gasteiger partial charge in [-0.2, -0.15) is 0 Å². The normalized spacial score (nSPS) is 19.0. The van der Waals surface area contributed by atoms with Crippen LogP contribution >= 0.6 is 53.4 Å². The number of benzene rings is 2. The fraction of sp³-hybridized carbons (Fsp3) is 0.538. The van der Waals surface area contributed by atoms with Crippen LogP contribution in [-0.4, -0.2) is 96.6 Å². The molecule has 2 aliphatic heterocycles. The summed E-state index contributed by atoms with van der Waals surface area (Å²) in [6, 6.07) is 17.5. The second-order valence-corrected chi connectivity index (χ2v) is 13.7. The second kappa shape index (κ2) is 14.6. The van der Waals surface area contributed by atoms with Gasteiger partial charge in [0, 0.05) is 99.0 Å². The molecule has 0 radical (unpaired) electrons. The average Bonchev–Trinajstić information content (AvgIpc) is 2.86. The largest absolute Gasteiger partial charge is 0.300 e. The van der Waals surface area contributed by atoms with Crippen molar-refractivity contribution in [2.75, 3.05) is 77.0 Å². The van der Waals surface area contributed by atoms with Gasteiger partial charge in [-0.25, -0.2) is 0 Å². The van der Waals surface area contributed by atoms with E-state index in [1.54, 1.807) is 0 Å². The van der Waals surface area contributed by atoms with Gasteiger partial charge in [-0.3, -0.25) is 19.6 Å². The summed E-state index contributed by atoms with van der Waals surface area (Å²) in [5, 5.41) is 0. The zero-order valence-corrected chi connectivity index (χ0v) is 24.7. The van der Waals surface area contributed by atoms with Crippen molar-refractivity contribution in [1.82, 2.24) is 19.6 Å². The number of piperazine rings is 2. The predicted molar refractivity (Wildman–Crippen MR) is 157 cm³/mol. The summed E-state index contributed by atoms with van der Waals surface area (Å²) in [6.07, 6.45) is 0. The number of rotatable bonds is 11. The SMILES string of the molecule is Brc1ccc(CN2CCN(CCSSCCN3CCN(Cc4ccc(Br)cc4)CC3)CC2)cc1. The molecule has 186 valence electrons. The first-order chi connectivity index (χ1) is 16.6. The van der Waals surface area contributed by atoms with Crippen molar-refractivity contribution in [3.05, 3.63) is 68.6 Å². The molecule has 0 atom stereocenters. The molecule has 4 nitrogen and oxygen atoms in total. The maximum atomic E-state index is 3.52. The molecule has 0 amide bonds. The zero-order chi connectivity index (χ0) is 23.6. The summed E-state index contributed by atoms with van der Waals surface area (Å²) in [6.45, 7) is 14.1. The molecule has 8 heteroatoms. The van der Waals surface area contributed by atoms with Crippen LogP contribution in [0, 0.1) is 0 Å². The van der Waals surface area contributed by atoms with Crippen LogP contribution in [0.5, 0.6) is 0 Å². The minimum absolute atomic E-state index is 1.07. The van der Waals surface area contributed by atoms with E-state index in [4.69, 9.17) is 0 Å². The van der Waals surface area contributed by atoms with Gasteiger partial charge in [-0.15, -0.1) is 0 Å². The van der Waals surface area contributed by atoms with E-state index in [2.05, 4.69) is 122 Å². The number of nitrogens with zero attached hydrogens (tertiary/aromatic N) is 4. The molecule has 0 saturated carbocycles. The van der Waals surface area contributed by atoms with Crippen molar-refractivity contribution in [3.63, 3.8) is 0 Å². The summed E-state index contributed by atoms with van der Waals surface area (Å²) >= 11 is 7.05. The van der Waals surface area contributed by atoms with E-state index in [1.165, 1.54) is 88.1 Å². The Kier molecular flexibility index (Phi) is 11.6. The Balaban J connectivity index is 0.995. The zero-order valence-electron chi connectivity index (χ0n) is 19.9. The van der Waals surface area contributed by atoms with E-state index in [1.807, 2.05) is 0 Å². The Morgan fingerprint density at radius 1 is 0.500 bits per heavy atom. The quantitative estimate of drug-likeness (QED) is 0.238. The molecule has 0 unspecified atom stereocenters. The van der Waals surface area contributed by atoms with E-state index in [-0.39, 0.29) is 0 Å². The highest BCUT2D eigenvalue weighted by atomic mass is 79.9. The first-order valence-corrected chi connectivity index (χ1v) is 16.3. The fourth-order valence-corrected chi connectivity index (χ4v) is 7.07. The summed E-state index contributed by atoms with van der Waals surface area (Å²) in [7, 11) is 4.12. The van der Waals surface area contributed by atoms with E-state index >= 15 is 0 Å². The molecule has 2 aromatic carbocycles. The smallest absolute Gasteiger partial charge is 0.0234 e. The third-order valence-electron chi connectivity index (χ3n) is 6.63. The first-order valence-electron chi connectivity index (χ1n) is 12.3. The van der Waals surface area contributed by atoms with Gasteiger partial charge in [0.05, 0.1) is 0 Å². The standard InChI is InChI=1S/C26H36Br2N4S2/c27-25-5-1-23(2-6-25)21-31-13-9-29(10-14-31)17-19-33-34-20-18-30-11-15-32(16-12-30)22-24-3-7-26(28)8-4-24/h1-8H,9-22H2. The predicted octanol–water partition coefficient (Wildman–Crippen LogP) is 5.53. The third-order valence-corrected chi connectivity index (χ3v) is 10.1. The lowest BCUT2D eigenvalue weighted by molar-refractivity contribution is 0.132. The van der Waals surface area contributed by atoms with Crippen molar-refractivity contribution in [2.24, 2.45) is 0 Å². The van der Waals surface area contributed by atoms with Gasteiger partial charge in [0.2, 0.25) is 0 Å². The van der Waals surface area contributed by atoms with Crippen molar-refractivity contribution in [2.45, 2.75) is 13.1 Å². The van der Waals surface area contributed by atoms with Crippen LogP contribution in [0.2, 0.25) is 0 Å². The molecule has 0 aromatic heterocycles. The van der Waals surface area contributed by atoms with Crippen molar-refractivity contribution in [1.29, 1.82) is 0 Å². The Hall–Kier alpha value is -0.0600. The highest BCUT2D eigenvalue weighted by Crippen LogP contribution is 2.22. The molecule has 2 aliphatic rings. The summed E-state index contributed by atoms with van der Waals surface area (Å²) < 4.78 is 2.32. The van der Waals surface area contributed by atoms with Gasteiger partial charge in [0.25, 0.3) is 0 Å². The summed E-state index contributed by atoms with van der Waals surface area (Å²) in [4.78, 5) is 10.4. The van der Waals surface area contributed by atoms with Crippen LogP contribution in [0.3, 0.4) is 0 Å². The van der Waals surface area contributed by atoms with Crippen molar-refractivity contribution < 1.29 is 0 Å². The maximum Gasteiger partial charge on any atom is 0.0234 e. The van der Waals surface area contributed by atoms with Gasteiger partial charge in [-0.05, 0) is 35.4 Å². The molecule has 2 aromatic rings. The van der Waals surface area contributed by atoms with Crippen LogP contribution in [-0.2, 0) is 13.1 Å². The second-order valence-electron chi connectivity index (χ2n) is 9.13. The molecular formula is C26H36Br2N4S2. The van der Waals surface area contributed by atoms with Crippen molar-refractivity contribution in [3.8, 4) is 0 Å². The molecule has 0 spiro atoms. The van der Waals surface area contributed by atoms with Gasteiger partial charge in [0.1, 0.15) is 0 Å². The lowest BCUT2D eigenvalue weighted by Gasteiger charge is -2.35. The topological polar surface area (TPSA) is 13.0 Å². The Labute approximate surface area is 230 Å². The van der Waals surface area contributed by atoms with Gasteiger partial charge in [0.15, 0.2) is 0 Å². The Morgan fingerprint density at radius 2 is 0.824 bits per heavy atom. The fourth-order valence-electron chi connectivity index (χ4n) is 4.49. The van der Waals surface area contributed by atoms with E-state index in [0.717, 1.165) is 22.0 Å². The van der Waals surface area contributed by atoms with Crippen LogP contribution in [0.25, 0.3) is 0 Å². The summed E-state index contributed by atoms with van der Waals surface area (Å²) in [5.74, 6) is 2.47. The number of hydrogen-bond donors (Lipinski definition) is 0. The molecule has 0 bridgehead atoms. The summed E-state index contributed by atoms with van der Waals surface area (Å²) in [5.41, 5.74) is 2.82. The minimum atomic E-state index is 1.07. The van der Waals surface area contributed by atoms with Gasteiger partial charge >= 0.3 is 0 Å². The molecule has 2 heterocycles. The molecule has 4 rings (SSSR count). The third kappa shape index (κ3) is 9.43. The highest BCUT2D eigenvalue weighted by molar-refractivity contribution is 9.10. The van der Waals surface area contributed by atoms with E-state index in [0.29, 0.717) is 0 Å². The van der Waals surface area contributed by atoms with Gasteiger partial charge < -0.3 is 0 Å². The molecule has 34 heavy (non-hydrogen) atoms. The lowest BCUT2D eigenvalue weighted by atomic mass is 10.2. The number of halogens is 2. The van der Waals surface area contributed by atoms with Crippen LogP contribution in [0.4, 0.5) is 0 Å². The molecule has 0 aliphatic carbocycles. The monoisotopic (exact) mass is 626 g/mol. The Bertz CT molecular complexity index is 765. The number of hydrogen-bond acceptors (Lipinski definition) is 6. The average molecular weight is 629 g/mol. The highest BCUT2D eigenvalue weighted by Gasteiger charge is 2.18. The van der Waals surface area contributed by atoms with E-state index < -0.39 is 0 Å². The van der Waals surface area contributed by atoms with Crippen LogP contribution in [0.1, 0.15) is 11.1 Å². The van der Waals surface area contributed by atoms with E-state index in [9.17, 15) is 0 Å². The molecule has 2 saturated heterocycles. The lowest BCUT2D eigenvalue weighted by Crippen LogP contribution is -2.46. The van der Waals surface area contributed by atoms with Crippen LogP contribution < -0.4 is 0 Å². The minimum Gasteiger partial charge on any atom is -0.300 e. The van der Waals surface area contributed by atoms with Crippen molar-refractivity contribution >= 4 is 53.4 Å². The van der Waals surface area contributed by atoms with Gasteiger partial charge in [-0.1, -0.05) is 77.7 Å². The first kappa shape index (κ1) is 27.0. The molecule has 0 N–H and O–H groups in total. The molecular weight excluding hydrogens is 592 g/mol. The Morgan fingerprint density at radius 3 is 1.18 bits per heavy atom. The van der Waals surface area contributed by atoms with Crippen LogP contribution in [0.15, 0.2) is 57.5 Å². The maximum absolute atomic E-state index is 3.52.